The van der Waals surface area contributed by atoms with Gasteiger partial charge in [0.25, 0.3) is 0 Å². The number of pyridine rings is 1. The van der Waals surface area contributed by atoms with E-state index in [0.717, 1.165) is 62.1 Å². The average Bonchev–Trinajstić information content (AvgIpc) is 3.83. The first-order chi connectivity index (χ1) is 26.0. The van der Waals surface area contributed by atoms with Gasteiger partial charge in [-0.2, -0.15) is 0 Å². The number of fused-ring (bicyclic) bond motifs is 9. The molecule has 0 N–H and O–H groups in total. The average molecular weight is 684 g/mol. The molecule has 9 aromatic rings. The van der Waals surface area contributed by atoms with E-state index in [2.05, 4.69) is 134 Å². The summed E-state index contributed by atoms with van der Waals surface area (Å²) >= 11 is 0. The summed E-state index contributed by atoms with van der Waals surface area (Å²) in [7, 11) is 0. The van der Waals surface area contributed by atoms with Crippen LogP contribution in [0.5, 0.6) is 0 Å². The molecule has 4 heterocycles. The van der Waals surface area contributed by atoms with Gasteiger partial charge in [-0.25, -0.2) is 19.9 Å². The third kappa shape index (κ3) is 4.39. The summed E-state index contributed by atoms with van der Waals surface area (Å²) in [5.41, 5.74) is 11.8. The van der Waals surface area contributed by atoms with E-state index in [1.165, 1.54) is 27.6 Å². The summed E-state index contributed by atoms with van der Waals surface area (Å²) in [4.78, 5) is 20.5. The van der Waals surface area contributed by atoms with Crippen molar-refractivity contribution in [2.75, 3.05) is 0 Å². The molecule has 53 heavy (non-hydrogen) atoms. The topological polar surface area (TPSA) is 69.6 Å². The maximum atomic E-state index is 6.87. The summed E-state index contributed by atoms with van der Waals surface area (Å²) < 4.78 is 9.10. The monoisotopic (exact) mass is 683 g/mol. The van der Waals surface area contributed by atoms with Crippen LogP contribution in [0.15, 0.2) is 144 Å². The van der Waals surface area contributed by atoms with Crippen molar-refractivity contribution in [3.63, 3.8) is 0 Å². The lowest BCUT2D eigenvalue weighted by Gasteiger charge is -2.21. The lowest BCUT2D eigenvalue weighted by atomic mass is 9.82. The molecule has 0 saturated carbocycles. The van der Waals surface area contributed by atoms with E-state index in [1.807, 2.05) is 30.5 Å². The molecule has 0 saturated heterocycles. The number of furan rings is 1. The van der Waals surface area contributed by atoms with Crippen molar-refractivity contribution in [1.29, 1.82) is 0 Å². The number of nitrogens with zero attached hydrogens (tertiary/aromatic N) is 5. The van der Waals surface area contributed by atoms with E-state index in [0.29, 0.717) is 17.5 Å². The molecular formula is C47H33N5O. The van der Waals surface area contributed by atoms with Gasteiger partial charge in [0.2, 0.25) is 0 Å². The minimum atomic E-state index is -0.189. The van der Waals surface area contributed by atoms with E-state index in [1.54, 1.807) is 0 Å². The first-order valence-corrected chi connectivity index (χ1v) is 18.2. The highest BCUT2D eigenvalue weighted by atomic mass is 16.3. The van der Waals surface area contributed by atoms with Crippen LogP contribution in [0.1, 0.15) is 54.5 Å². The van der Waals surface area contributed by atoms with Crippen LogP contribution in [0.4, 0.5) is 0 Å². The third-order valence-corrected chi connectivity index (χ3v) is 11.3. The molecule has 0 fully saturated rings. The summed E-state index contributed by atoms with van der Waals surface area (Å²) in [5.74, 6) is 2.72. The summed E-state index contributed by atoms with van der Waals surface area (Å²) in [6, 6.07) is 44.5. The molecule has 0 spiro atoms. The van der Waals surface area contributed by atoms with Crippen LogP contribution >= 0.6 is 0 Å². The van der Waals surface area contributed by atoms with E-state index in [9.17, 15) is 0 Å². The Morgan fingerprint density at radius 2 is 1.45 bits per heavy atom. The van der Waals surface area contributed by atoms with E-state index < -0.39 is 0 Å². The number of hydrogen-bond donors (Lipinski definition) is 0. The molecule has 1 atom stereocenters. The number of allylic oxidation sites excluding steroid dienone is 1. The molecule has 0 radical (unpaired) electrons. The Bertz CT molecular complexity index is 2920. The van der Waals surface area contributed by atoms with Gasteiger partial charge in [-0.3, -0.25) is 4.57 Å². The van der Waals surface area contributed by atoms with Crippen LogP contribution < -0.4 is 0 Å². The van der Waals surface area contributed by atoms with Gasteiger partial charge in [0.1, 0.15) is 22.8 Å². The van der Waals surface area contributed by atoms with Gasteiger partial charge in [-0.15, -0.1) is 0 Å². The standard InChI is InChI=1S/C47H33N5O/c1-47(2)37-21-8-6-16-34(37)41-35(18-11-22-38(41)47)44-49-43(28-13-4-3-5-14-28)50-45(51-44)36-19-10-17-32-31-25-24-29(27-40(31)53-42(32)36)52-39-23-9-7-15-30(39)33-20-12-26-48-46(33)52/h3-18,20-27,36H,19H2,1-2H3. The zero-order valence-electron chi connectivity index (χ0n) is 29.3. The fourth-order valence-corrected chi connectivity index (χ4v) is 8.73. The Morgan fingerprint density at radius 3 is 2.38 bits per heavy atom. The zero-order chi connectivity index (χ0) is 35.3. The molecule has 0 bridgehead atoms. The van der Waals surface area contributed by atoms with Crippen molar-refractivity contribution in [3.8, 4) is 39.6 Å². The first kappa shape index (κ1) is 30.0. The summed E-state index contributed by atoms with van der Waals surface area (Å²) in [5, 5.41) is 3.37. The SMILES string of the molecule is CC1(C)c2ccccc2-c2c(-c3nc(-c4ccccc4)nc(C4CC=Cc5c4oc4cc(-n6c7ccccc7c7cccnc76)ccc54)n3)cccc21. The van der Waals surface area contributed by atoms with Crippen LogP contribution in [-0.4, -0.2) is 24.5 Å². The van der Waals surface area contributed by atoms with Crippen LogP contribution in [0, 0.1) is 0 Å². The Kier molecular flexibility index (Phi) is 6.32. The molecule has 1 unspecified atom stereocenters. The minimum Gasteiger partial charge on any atom is -0.460 e. The molecule has 11 rings (SSSR count). The molecular weight excluding hydrogens is 651 g/mol. The second kappa shape index (κ2) is 11.2. The normalized spacial score (nSPS) is 15.5. The van der Waals surface area contributed by atoms with Crippen molar-refractivity contribution in [2.45, 2.75) is 31.6 Å². The predicted octanol–water partition coefficient (Wildman–Crippen LogP) is 11.3. The van der Waals surface area contributed by atoms with Gasteiger partial charge in [-0.05, 0) is 59.0 Å². The minimum absolute atomic E-state index is 0.133. The number of hydrogen-bond acceptors (Lipinski definition) is 5. The highest BCUT2D eigenvalue weighted by molar-refractivity contribution is 6.08. The number of aromatic nitrogens is 5. The van der Waals surface area contributed by atoms with E-state index in [4.69, 9.17) is 24.4 Å². The van der Waals surface area contributed by atoms with Gasteiger partial charge in [0.15, 0.2) is 11.6 Å². The Balaban J connectivity index is 1.09. The largest absolute Gasteiger partial charge is 0.460 e. The Labute approximate surface area is 306 Å². The lowest BCUT2D eigenvalue weighted by Crippen LogP contribution is -2.15. The molecule has 6 heteroatoms. The molecule has 5 aromatic carbocycles. The fourth-order valence-electron chi connectivity index (χ4n) is 8.73. The smallest absolute Gasteiger partial charge is 0.164 e. The number of para-hydroxylation sites is 1. The summed E-state index contributed by atoms with van der Waals surface area (Å²) in [6.07, 6.45) is 6.98. The van der Waals surface area contributed by atoms with Crippen molar-refractivity contribution in [2.24, 2.45) is 0 Å². The Morgan fingerprint density at radius 1 is 0.679 bits per heavy atom. The molecule has 6 nitrogen and oxygen atoms in total. The molecule has 4 aromatic heterocycles. The first-order valence-electron chi connectivity index (χ1n) is 18.2. The fraction of sp³-hybridized carbons (Fsp3) is 0.106. The maximum absolute atomic E-state index is 6.87. The second-order valence-corrected chi connectivity index (χ2v) is 14.6. The van der Waals surface area contributed by atoms with Crippen LogP contribution in [-0.2, 0) is 5.41 Å². The second-order valence-electron chi connectivity index (χ2n) is 14.6. The molecule has 2 aliphatic carbocycles. The van der Waals surface area contributed by atoms with Crippen LogP contribution in [0.2, 0.25) is 0 Å². The van der Waals surface area contributed by atoms with Gasteiger partial charge in [0, 0.05) is 50.5 Å². The van der Waals surface area contributed by atoms with Gasteiger partial charge in [-0.1, -0.05) is 117 Å². The molecule has 0 amide bonds. The Hall–Kier alpha value is -6.66. The van der Waals surface area contributed by atoms with Gasteiger partial charge < -0.3 is 4.42 Å². The highest BCUT2D eigenvalue weighted by Gasteiger charge is 2.37. The van der Waals surface area contributed by atoms with Crippen molar-refractivity contribution in [1.82, 2.24) is 24.5 Å². The number of rotatable bonds is 4. The zero-order valence-corrected chi connectivity index (χ0v) is 29.3. The maximum Gasteiger partial charge on any atom is 0.164 e. The predicted molar refractivity (Wildman–Crippen MR) is 212 cm³/mol. The van der Waals surface area contributed by atoms with E-state index in [-0.39, 0.29) is 11.3 Å². The van der Waals surface area contributed by atoms with E-state index >= 15 is 0 Å². The number of benzene rings is 5. The van der Waals surface area contributed by atoms with Gasteiger partial charge >= 0.3 is 0 Å². The van der Waals surface area contributed by atoms with Crippen molar-refractivity contribution < 1.29 is 4.42 Å². The van der Waals surface area contributed by atoms with Crippen LogP contribution in [0.25, 0.3) is 78.6 Å². The van der Waals surface area contributed by atoms with Crippen molar-refractivity contribution >= 4 is 39.0 Å². The third-order valence-electron chi connectivity index (χ3n) is 11.3. The molecule has 0 aliphatic heterocycles. The summed E-state index contributed by atoms with van der Waals surface area (Å²) in [6.45, 7) is 4.60. The molecule has 252 valence electrons. The molecule has 2 aliphatic rings. The quantitative estimate of drug-likeness (QED) is 0.185. The van der Waals surface area contributed by atoms with Crippen molar-refractivity contribution in [3.05, 3.63) is 168 Å². The van der Waals surface area contributed by atoms with Crippen LogP contribution in [0.3, 0.4) is 0 Å². The highest BCUT2D eigenvalue weighted by Crippen LogP contribution is 2.52. The lowest BCUT2D eigenvalue weighted by molar-refractivity contribution is 0.506. The van der Waals surface area contributed by atoms with Gasteiger partial charge in [0.05, 0.1) is 17.1 Å².